The number of hydrogen-bond donors (Lipinski definition) is 1. The summed E-state index contributed by atoms with van der Waals surface area (Å²) >= 11 is 1.40. The summed E-state index contributed by atoms with van der Waals surface area (Å²) in [6, 6.07) is 5.28. The topological polar surface area (TPSA) is 85.0 Å². The Morgan fingerprint density at radius 1 is 1.29 bits per heavy atom. The van der Waals surface area contributed by atoms with Gasteiger partial charge in [-0.3, -0.25) is 13.8 Å². The fraction of sp³-hybridized carbons (Fsp3) is 0.375. The van der Waals surface area contributed by atoms with Crippen LogP contribution < -0.4 is 11.2 Å². The van der Waals surface area contributed by atoms with E-state index in [-0.39, 0.29) is 11.2 Å². The summed E-state index contributed by atoms with van der Waals surface area (Å²) < 4.78 is 3.15. The number of unbranched alkanes of at least 4 members (excludes halogenated alkanes) is 1. The van der Waals surface area contributed by atoms with Gasteiger partial charge < -0.3 is 0 Å². The molecule has 0 saturated heterocycles. The van der Waals surface area contributed by atoms with Crippen LogP contribution in [0.4, 0.5) is 0 Å². The van der Waals surface area contributed by atoms with E-state index >= 15 is 0 Å². The third kappa shape index (κ3) is 3.43. The van der Waals surface area contributed by atoms with Crippen molar-refractivity contribution in [2.24, 2.45) is 0 Å². The average Bonchev–Trinajstić information content (AvgIpc) is 2.90. The number of aryl methyl sites for hydroxylation is 1. The number of aromatic nitrogens is 5. The van der Waals surface area contributed by atoms with E-state index in [0.29, 0.717) is 28.8 Å². The SMILES string of the molecule is CCCCn1c(SCc2cc(=O)n3ccc(C)cc3n2)n[nH]c1=O. The Morgan fingerprint density at radius 3 is 2.92 bits per heavy atom. The van der Waals surface area contributed by atoms with E-state index in [1.165, 1.54) is 22.2 Å². The molecule has 0 aromatic carbocycles. The summed E-state index contributed by atoms with van der Waals surface area (Å²) in [6.07, 6.45) is 3.65. The maximum absolute atomic E-state index is 12.2. The van der Waals surface area contributed by atoms with Crippen molar-refractivity contribution in [3.63, 3.8) is 0 Å². The standard InChI is InChI=1S/C16H19N5O2S/c1-3-4-6-21-15(23)18-19-16(21)24-10-12-9-14(22)20-7-5-11(2)8-13(20)17-12/h5,7-9H,3-4,6,10H2,1-2H3,(H,18,23). The molecule has 0 radical (unpaired) electrons. The minimum absolute atomic E-state index is 0.110. The first-order valence-electron chi connectivity index (χ1n) is 7.85. The number of aromatic amines is 1. The maximum Gasteiger partial charge on any atom is 0.343 e. The normalized spacial score (nSPS) is 11.2. The fourth-order valence-corrected chi connectivity index (χ4v) is 3.26. The summed E-state index contributed by atoms with van der Waals surface area (Å²) in [4.78, 5) is 28.5. The van der Waals surface area contributed by atoms with Crippen LogP contribution in [0, 0.1) is 6.92 Å². The van der Waals surface area contributed by atoms with Gasteiger partial charge in [-0.15, -0.1) is 5.10 Å². The van der Waals surface area contributed by atoms with Crippen LogP contribution in [0.2, 0.25) is 0 Å². The quantitative estimate of drug-likeness (QED) is 0.691. The largest absolute Gasteiger partial charge is 0.343 e. The molecule has 0 atom stereocenters. The highest BCUT2D eigenvalue weighted by Gasteiger charge is 2.10. The Bertz CT molecular complexity index is 972. The highest BCUT2D eigenvalue weighted by atomic mass is 32.2. The van der Waals surface area contributed by atoms with Gasteiger partial charge in [-0.1, -0.05) is 25.1 Å². The van der Waals surface area contributed by atoms with E-state index < -0.39 is 0 Å². The highest BCUT2D eigenvalue weighted by molar-refractivity contribution is 7.98. The highest BCUT2D eigenvalue weighted by Crippen LogP contribution is 2.18. The van der Waals surface area contributed by atoms with Gasteiger partial charge in [0.15, 0.2) is 5.16 Å². The van der Waals surface area contributed by atoms with Gasteiger partial charge in [-0.05, 0) is 31.0 Å². The molecule has 3 heterocycles. The third-order valence-corrected chi connectivity index (χ3v) is 4.69. The van der Waals surface area contributed by atoms with E-state index in [2.05, 4.69) is 22.1 Å². The van der Waals surface area contributed by atoms with E-state index in [4.69, 9.17) is 0 Å². The molecular weight excluding hydrogens is 326 g/mol. The van der Waals surface area contributed by atoms with Crippen molar-refractivity contribution in [1.29, 1.82) is 0 Å². The van der Waals surface area contributed by atoms with E-state index in [0.717, 1.165) is 18.4 Å². The number of nitrogens with zero attached hydrogens (tertiary/aromatic N) is 4. The number of rotatable bonds is 6. The van der Waals surface area contributed by atoms with Gasteiger partial charge in [0.2, 0.25) is 0 Å². The fourth-order valence-electron chi connectivity index (χ4n) is 2.39. The van der Waals surface area contributed by atoms with Gasteiger partial charge in [0, 0.05) is 24.6 Å². The first-order chi connectivity index (χ1) is 11.6. The number of hydrogen-bond acceptors (Lipinski definition) is 5. The van der Waals surface area contributed by atoms with Gasteiger partial charge in [-0.25, -0.2) is 14.9 Å². The molecule has 24 heavy (non-hydrogen) atoms. The number of pyridine rings is 1. The molecule has 7 nitrogen and oxygen atoms in total. The van der Waals surface area contributed by atoms with Crippen LogP contribution in [-0.4, -0.2) is 24.1 Å². The van der Waals surface area contributed by atoms with Crippen LogP contribution in [0.5, 0.6) is 0 Å². The first kappa shape index (κ1) is 16.5. The second kappa shape index (κ2) is 7.04. The second-order valence-corrected chi connectivity index (χ2v) is 6.57. The number of fused-ring (bicyclic) bond motifs is 1. The molecule has 126 valence electrons. The molecule has 3 rings (SSSR count). The minimum atomic E-state index is -0.201. The predicted molar refractivity (Wildman–Crippen MR) is 93.5 cm³/mol. The van der Waals surface area contributed by atoms with Crippen LogP contribution in [-0.2, 0) is 12.3 Å². The lowest BCUT2D eigenvalue weighted by Crippen LogP contribution is -2.18. The lowest BCUT2D eigenvalue weighted by atomic mass is 10.3. The molecule has 0 unspecified atom stereocenters. The molecule has 8 heteroatoms. The van der Waals surface area contributed by atoms with Crippen molar-refractivity contribution in [2.75, 3.05) is 0 Å². The van der Waals surface area contributed by atoms with Crippen LogP contribution in [0.15, 0.2) is 39.1 Å². The molecule has 0 aliphatic heterocycles. The minimum Gasteiger partial charge on any atom is -0.270 e. The van der Waals surface area contributed by atoms with Crippen LogP contribution in [0.1, 0.15) is 31.0 Å². The van der Waals surface area contributed by atoms with Crippen molar-refractivity contribution in [3.8, 4) is 0 Å². The molecule has 1 N–H and O–H groups in total. The van der Waals surface area contributed by atoms with Crippen molar-refractivity contribution in [2.45, 2.75) is 44.1 Å². The van der Waals surface area contributed by atoms with Gasteiger partial charge in [-0.2, -0.15) is 0 Å². The Labute approximate surface area is 142 Å². The molecule has 0 saturated carbocycles. The number of nitrogens with one attached hydrogen (secondary N) is 1. The van der Waals surface area contributed by atoms with Gasteiger partial charge in [0.05, 0.1) is 5.69 Å². The van der Waals surface area contributed by atoms with Gasteiger partial charge in [0.1, 0.15) is 5.65 Å². The van der Waals surface area contributed by atoms with Crippen LogP contribution >= 0.6 is 11.8 Å². The monoisotopic (exact) mass is 345 g/mol. The Morgan fingerprint density at radius 2 is 2.12 bits per heavy atom. The van der Waals surface area contributed by atoms with Crippen molar-refractivity contribution in [1.82, 2.24) is 24.1 Å². The molecule has 0 spiro atoms. The summed E-state index contributed by atoms with van der Waals surface area (Å²) in [5.41, 5.74) is 2.04. The van der Waals surface area contributed by atoms with Crippen LogP contribution in [0.25, 0.3) is 5.65 Å². The van der Waals surface area contributed by atoms with Crippen LogP contribution in [0.3, 0.4) is 0 Å². The maximum atomic E-state index is 12.2. The number of thioether (sulfide) groups is 1. The van der Waals surface area contributed by atoms with E-state index in [1.807, 2.05) is 19.1 Å². The van der Waals surface area contributed by atoms with Crippen molar-refractivity contribution < 1.29 is 0 Å². The molecule has 3 aromatic heterocycles. The Kier molecular flexibility index (Phi) is 4.84. The molecular formula is C16H19N5O2S. The average molecular weight is 345 g/mol. The predicted octanol–water partition coefficient (Wildman–Crippen LogP) is 1.98. The Balaban J connectivity index is 1.84. The third-order valence-electron chi connectivity index (χ3n) is 3.68. The molecule has 0 fully saturated rings. The van der Waals surface area contributed by atoms with E-state index in [9.17, 15) is 9.59 Å². The zero-order valence-electron chi connectivity index (χ0n) is 13.7. The van der Waals surface area contributed by atoms with E-state index in [1.54, 1.807) is 10.8 Å². The number of H-pyrrole nitrogens is 1. The summed E-state index contributed by atoms with van der Waals surface area (Å²) in [5, 5.41) is 7.17. The summed E-state index contributed by atoms with van der Waals surface area (Å²) in [7, 11) is 0. The zero-order chi connectivity index (χ0) is 17.1. The first-order valence-corrected chi connectivity index (χ1v) is 8.84. The lowest BCUT2D eigenvalue weighted by molar-refractivity contribution is 0.573. The van der Waals surface area contributed by atoms with Crippen molar-refractivity contribution >= 4 is 17.4 Å². The molecule has 0 amide bonds. The smallest absolute Gasteiger partial charge is 0.270 e. The Hall–Kier alpha value is -2.35. The van der Waals surface area contributed by atoms with Gasteiger partial charge in [0.25, 0.3) is 5.56 Å². The van der Waals surface area contributed by atoms with Crippen molar-refractivity contribution in [3.05, 3.63) is 56.5 Å². The lowest BCUT2D eigenvalue weighted by Gasteiger charge is -2.06. The zero-order valence-corrected chi connectivity index (χ0v) is 14.5. The summed E-state index contributed by atoms with van der Waals surface area (Å²) in [5.74, 6) is 0.482. The molecule has 3 aromatic rings. The molecule has 0 aliphatic rings. The molecule has 0 aliphatic carbocycles. The van der Waals surface area contributed by atoms with Gasteiger partial charge >= 0.3 is 5.69 Å². The second-order valence-electron chi connectivity index (χ2n) is 5.62. The molecule has 0 bridgehead atoms. The summed E-state index contributed by atoms with van der Waals surface area (Å²) in [6.45, 7) is 4.68.